The van der Waals surface area contributed by atoms with E-state index < -0.39 is 0 Å². The number of pyridine rings is 1. The lowest BCUT2D eigenvalue weighted by molar-refractivity contribution is 0.414. The molecule has 1 N–H and O–H groups in total. The molecule has 0 aliphatic rings. The Kier molecular flexibility index (Phi) is 3.79. The minimum atomic E-state index is 0.693. The number of nitrogens with zero attached hydrogens (tertiary/aromatic N) is 3. The van der Waals surface area contributed by atoms with E-state index >= 15 is 0 Å². The van der Waals surface area contributed by atoms with Gasteiger partial charge in [-0.15, -0.1) is 0 Å². The van der Waals surface area contributed by atoms with E-state index in [0.29, 0.717) is 6.54 Å². The fourth-order valence-corrected chi connectivity index (χ4v) is 2.60. The van der Waals surface area contributed by atoms with Crippen LogP contribution in [0.15, 0.2) is 41.1 Å². The quantitative estimate of drug-likeness (QED) is 0.786. The first-order chi connectivity index (χ1) is 10.2. The van der Waals surface area contributed by atoms with Gasteiger partial charge in [0.1, 0.15) is 11.3 Å². The molecule has 3 aromatic rings. The van der Waals surface area contributed by atoms with Gasteiger partial charge in [-0.2, -0.15) is 5.10 Å². The fraction of sp³-hybridized carbons (Fsp3) is 0.200. The highest BCUT2D eigenvalue weighted by atomic mass is 79.9. The van der Waals surface area contributed by atoms with Gasteiger partial charge in [0.2, 0.25) is 0 Å². The number of aromatic nitrogens is 3. The predicted molar refractivity (Wildman–Crippen MR) is 86.5 cm³/mol. The average molecular weight is 347 g/mol. The maximum Gasteiger partial charge on any atom is 0.152 e. The summed E-state index contributed by atoms with van der Waals surface area (Å²) >= 11 is 3.50. The van der Waals surface area contributed by atoms with E-state index in [1.807, 2.05) is 42.2 Å². The summed E-state index contributed by atoms with van der Waals surface area (Å²) in [5.74, 6) is 1.68. The Hall–Kier alpha value is -2.08. The van der Waals surface area contributed by atoms with Gasteiger partial charge in [-0.05, 0) is 33.6 Å². The number of methoxy groups -OCH3 is 1. The zero-order valence-electron chi connectivity index (χ0n) is 11.8. The normalized spacial score (nSPS) is 10.8. The van der Waals surface area contributed by atoms with Crippen LogP contribution in [0.1, 0.15) is 5.56 Å². The maximum absolute atomic E-state index is 5.16. The number of ether oxygens (including phenoxy) is 1. The molecule has 5 nitrogen and oxygen atoms in total. The average Bonchev–Trinajstić information content (AvgIpc) is 2.90. The zero-order valence-corrected chi connectivity index (χ0v) is 13.4. The van der Waals surface area contributed by atoms with Gasteiger partial charge in [-0.1, -0.05) is 12.1 Å². The number of nitrogens with one attached hydrogen (secondary N) is 1. The van der Waals surface area contributed by atoms with Crippen LogP contribution in [0.2, 0.25) is 0 Å². The number of hydrogen-bond acceptors (Lipinski definition) is 4. The highest BCUT2D eigenvalue weighted by Crippen LogP contribution is 2.27. The summed E-state index contributed by atoms with van der Waals surface area (Å²) in [5.41, 5.74) is 2.15. The molecule has 2 heterocycles. The van der Waals surface area contributed by atoms with Crippen molar-refractivity contribution in [1.82, 2.24) is 14.8 Å². The lowest BCUT2D eigenvalue weighted by Crippen LogP contribution is -2.04. The molecule has 0 radical (unpaired) electrons. The fourth-order valence-electron chi connectivity index (χ4n) is 2.20. The Labute approximate surface area is 131 Å². The molecule has 0 bridgehead atoms. The monoisotopic (exact) mass is 346 g/mol. The smallest absolute Gasteiger partial charge is 0.152 e. The second kappa shape index (κ2) is 5.73. The van der Waals surface area contributed by atoms with Gasteiger partial charge in [-0.3, -0.25) is 4.68 Å². The Bertz CT molecular complexity index is 767. The van der Waals surface area contributed by atoms with Gasteiger partial charge in [0.15, 0.2) is 5.82 Å². The molecule has 6 heteroatoms. The highest BCUT2D eigenvalue weighted by Gasteiger charge is 2.10. The Morgan fingerprint density at radius 3 is 2.71 bits per heavy atom. The third kappa shape index (κ3) is 2.71. The summed E-state index contributed by atoms with van der Waals surface area (Å²) in [6.45, 7) is 0.693. The molecule has 0 saturated carbocycles. The molecular weight excluding hydrogens is 332 g/mol. The number of halogens is 1. The van der Waals surface area contributed by atoms with E-state index in [4.69, 9.17) is 4.74 Å². The standard InChI is InChI=1S/C15H15BrN4O/c1-20-14-12(8-19-20)13(16)9-18-15(14)17-7-10-3-5-11(21-2)6-4-10/h3-6,8-9H,7H2,1-2H3,(H,17,18). The van der Waals surface area contributed by atoms with Crippen LogP contribution in [0, 0.1) is 0 Å². The third-order valence-electron chi connectivity index (χ3n) is 3.35. The van der Waals surface area contributed by atoms with Crippen molar-refractivity contribution in [2.75, 3.05) is 12.4 Å². The summed E-state index contributed by atoms with van der Waals surface area (Å²) in [5, 5.41) is 8.69. The van der Waals surface area contributed by atoms with Crippen molar-refractivity contribution in [1.29, 1.82) is 0 Å². The molecule has 2 aromatic heterocycles. The van der Waals surface area contributed by atoms with Gasteiger partial charge in [0, 0.05) is 29.6 Å². The van der Waals surface area contributed by atoms with Crippen LogP contribution in [0.3, 0.4) is 0 Å². The van der Waals surface area contributed by atoms with Gasteiger partial charge in [0.05, 0.1) is 13.3 Å². The van der Waals surface area contributed by atoms with Crippen LogP contribution >= 0.6 is 15.9 Å². The van der Waals surface area contributed by atoms with Crippen molar-refractivity contribution in [3.63, 3.8) is 0 Å². The van der Waals surface area contributed by atoms with Gasteiger partial charge >= 0.3 is 0 Å². The molecule has 0 atom stereocenters. The van der Waals surface area contributed by atoms with Crippen molar-refractivity contribution < 1.29 is 4.74 Å². The van der Waals surface area contributed by atoms with Crippen molar-refractivity contribution in [3.05, 3.63) is 46.7 Å². The number of benzene rings is 1. The van der Waals surface area contributed by atoms with Crippen molar-refractivity contribution in [2.24, 2.45) is 7.05 Å². The van der Waals surface area contributed by atoms with Crippen LogP contribution in [0.4, 0.5) is 5.82 Å². The van der Waals surface area contributed by atoms with Crippen LogP contribution in [-0.4, -0.2) is 21.9 Å². The molecule has 0 aliphatic heterocycles. The number of hydrogen-bond donors (Lipinski definition) is 1. The number of aryl methyl sites for hydroxylation is 1. The first-order valence-corrected chi connectivity index (χ1v) is 7.31. The Balaban J connectivity index is 1.84. The molecule has 0 unspecified atom stereocenters. The van der Waals surface area contributed by atoms with E-state index in [0.717, 1.165) is 32.5 Å². The van der Waals surface area contributed by atoms with Gasteiger partial charge in [0.25, 0.3) is 0 Å². The molecule has 0 amide bonds. The van der Waals surface area contributed by atoms with E-state index in [9.17, 15) is 0 Å². The predicted octanol–water partition coefficient (Wildman–Crippen LogP) is 3.35. The van der Waals surface area contributed by atoms with E-state index in [1.54, 1.807) is 13.3 Å². The minimum absolute atomic E-state index is 0.693. The molecule has 1 aromatic carbocycles. The number of anilines is 1. The summed E-state index contributed by atoms with van der Waals surface area (Å²) in [6, 6.07) is 7.97. The van der Waals surface area contributed by atoms with Crippen LogP contribution in [-0.2, 0) is 13.6 Å². The van der Waals surface area contributed by atoms with E-state index in [2.05, 4.69) is 31.3 Å². The van der Waals surface area contributed by atoms with Crippen LogP contribution in [0.25, 0.3) is 10.9 Å². The molecule has 0 fully saturated rings. The molecule has 3 rings (SSSR count). The summed E-state index contributed by atoms with van der Waals surface area (Å²) in [7, 11) is 3.58. The van der Waals surface area contributed by atoms with Crippen LogP contribution < -0.4 is 10.1 Å². The Morgan fingerprint density at radius 1 is 1.24 bits per heavy atom. The number of rotatable bonds is 4. The SMILES string of the molecule is COc1ccc(CNc2ncc(Br)c3cnn(C)c23)cc1. The molecule has 0 spiro atoms. The maximum atomic E-state index is 5.16. The van der Waals surface area contributed by atoms with Crippen LogP contribution in [0.5, 0.6) is 5.75 Å². The summed E-state index contributed by atoms with van der Waals surface area (Å²) in [4.78, 5) is 4.44. The largest absolute Gasteiger partial charge is 0.497 e. The van der Waals surface area contributed by atoms with Gasteiger partial charge in [-0.25, -0.2) is 4.98 Å². The topological polar surface area (TPSA) is 52.0 Å². The third-order valence-corrected chi connectivity index (χ3v) is 3.98. The second-order valence-electron chi connectivity index (χ2n) is 4.69. The first-order valence-electron chi connectivity index (χ1n) is 6.52. The zero-order chi connectivity index (χ0) is 14.8. The summed E-state index contributed by atoms with van der Waals surface area (Å²) < 4.78 is 7.93. The Morgan fingerprint density at radius 2 is 2.00 bits per heavy atom. The molecular formula is C15H15BrN4O. The van der Waals surface area contributed by atoms with E-state index in [-0.39, 0.29) is 0 Å². The molecule has 0 saturated heterocycles. The molecule has 0 aliphatic carbocycles. The highest BCUT2D eigenvalue weighted by molar-refractivity contribution is 9.10. The van der Waals surface area contributed by atoms with Crippen molar-refractivity contribution in [2.45, 2.75) is 6.54 Å². The second-order valence-corrected chi connectivity index (χ2v) is 5.54. The van der Waals surface area contributed by atoms with Crippen molar-refractivity contribution >= 4 is 32.7 Å². The van der Waals surface area contributed by atoms with E-state index in [1.165, 1.54) is 0 Å². The van der Waals surface area contributed by atoms with Gasteiger partial charge < -0.3 is 10.1 Å². The minimum Gasteiger partial charge on any atom is -0.497 e. The molecule has 108 valence electrons. The first kappa shape index (κ1) is 13.9. The molecule has 21 heavy (non-hydrogen) atoms. The lowest BCUT2D eigenvalue weighted by Gasteiger charge is -2.09. The number of fused-ring (bicyclic) bond motifs is 1. The lowest BCUT2D eigenvalue weighted by atomic mass is 10.2. The van der Waals surface area contributed by atoms with Crippen molar-refractivity contribution in [3.8, 4) is 5.75 Å². The summed E-state index contributed by atoms with van der Waals surface area (Å²) in [6.07, 6.45) is 3.63.